The van der Waals surface area contributed by atoms with Crippen LogP contribution in [0.1, 0.15) is 20.7 Å². The first-order valence-electron chi connectivity index (χ1n) is 5.59. The Labute approximate surface area is 121 Å². The lowest BCUT2D eigenvalue weighted by atomic mass is 10.2. The molecule has 0 aromatic heterocycles. The summed E-state index contributed by atoms with van der Waals surface area (Å²) in [7, 11) is 0. The Kier molecular flexibility index (Phi) is 5.62. The minimum Gasteiger partial charge on any atom is -0.478 e. The minimum atomic E-state index is -1.60. The zero-order chi connectivity index (χ0) is 16.9. The molecule has 0 bridgehead atoms. The Morgan fingerprint density at radius 3 is 1.64 bits per heavy atom. The van der Waals surface area contributed by atoms with Crippen LogP contribution in [0.15, 0.2) is 36.4 Å². The van der Waals surface area contributed by atoms with Crippen molar-refractivity contribution in [3.05, 3.63) is 70.8 Å². The van der Waals surface area contributed by atoms with Gasteiger partial charge in [0.2, 0.25) is 0 Å². The summed E-state index contributed by atoms with van der Waals surface area (Å²) in [5.74, 6) is -7.18. The molecule has 116 valence electrons. The van der Waals surface area contributed by atoms with Crippen molar-refractivity contribution in [2.45, 2.75) is 0 Å². The molecule has 0 radical (unpaired) electrons. The second kappa shape index (κ2) is 7.21. The molecule has 0 saturated carbocycles. The van der Waals surface area contributed by atoms with Crippen LogP contribution >= 0.6 is 0 Å². The lowest BCUT2D eigenvalue weighted by Gasteiger charge is -1.96. The van der Waals surface area contributed by atoms with Crippen molar-refractivity contribution in [3.63, 3.8) is 0 Å². The lowest BCUT2D eigenvalue weighted by Crippen LogP contribution is -2.03. The van der Waals surface area contributed by atoms with Gasteiger partial charge in [0, 0.05) is 0 Å². The average Bonchev–Trinajstić information content (AvgIpc) is 2.41. The quantitative estimate of drug-likeness (QED) is 0.834. The number of benzene rings is 2. The van der Waals surface area contributed by atoms with Gasteiger partial charge in [-0.15, -0.1) is 0 Å². The summed E-state index contributed by atoms with van der Waals surface area (Å²) in [6, 6.07) is 5.31. The summed E-state index contributed by atoms with van der Waals surface area (Å²) in [6.07, 6.45) is 0. The van der Waals surface area contributed by atoms with Crippen LogP contribution in [-0.2, 0) is 0 Å². The van der Waals surface area contributed by atoms with Crippen LogP contribution in [0.5, 0.6) is 0 Å². The zero-order valence-electron chi connectivity index (χ0n) is 10.7. The Morgan fingerprint density at radius 1 is 0.727 bits per heavy atom. The Hall–Kier alpha value is -2.90. The van der Waals surface area contributed by atoms with Gasteiger partial charge in [-0.1, -0.05) is 6.07 Å². The molecule has 0 aliphatic carbocycles. The van der Waals surface area contributed by atoms with Crippen molar-refractivity contribution in [2.24, 2.45) is 0 Å². The number of hydrogen-bond donors (Lipinski definition) is 2. The van der Waals surface area contributed by atoms with Gasteiger partial charge in [0.25, 0.3) is 0 Å². The summed E-state index contributed by atoms with van der Waals surface area (Å²) in [6.45, 7) is 0. The van der Waals surface area contributed by atoms with E-state index in [-0.39, 0.29) is 5.56 Å². The standard InChI is InChI=1S/2C7H4F2O2/c8-5-2-1-4(7(10)11)3-6(5)9;8-4-2-1-3-5(9)6(4)7(10)11/h2*1-3H,(H,10,11). The van der Waals surface area contributed by atoms with Crippen molar-refractivity contribution < 1.29 is 37.4 Å². The molecule has 22 heavy (non-hydrogen) atoms. The maximum atomic E-state index is 12.5. The molecular formula is C14H8F4O4. The first-order valence-corrected chi connectivity index (χ1v) is 5.59. The van der Waals surface area contributed by atoms with Crippen molar-refractivity contribution in [1.29, 1.82) is 0 Å². The first-order chi connectivity index (χ1) is 10.2. The van der Waals surface area contributed by atoms with E-state index in [1.165, 1.54) is 0 Å². The van der Waals surface area contributed by atoms with E-state index < -0.39 is 40.8 Å². The molecule has 0 heterocycles. The normalized spacial score (nSPS) is 9.64. The molecular weight excluding hydrogens is 308 g/mol. The SMILES string of the molecule is O=C(O)c1c(F)cccc1F.O=C(O)c1ccc(F)c(F)c1. The van der Waals surface area contributed by atoms with E-state index >= 15 is 0 Å². The van der Waals surface area contributed by atoms with Crippen LogP contribution in [0, 0.1) is 23.3 Å². The van der Waals surface area contributed by atoms with Crippen molar-refractivity contribution in [2.75, 3.05) is 0 Å². The minimum absolute atomic E-state index is 0.260. The smallest absolute Gasteiger partial charge is 0.341 e. The van der Waals surface area contributed by atoms with Crippen molar-refractivity contribution in [3.8, 4) is 0 Å². The first kappa shape index (κ1) is 17.2. The Bertz CT molecular complexity index is 696. The molecule has 4 nitrogen and oxygen atoms in total. The predicted octanol–water partition coefficient (Wildman–Crippen LogP) is 3.33. The van der Waals surface area contributed by atoms with Crippen molar-refractivity contribution in [1.82, 2.24) is 0 Å². The molecule has 0 aliphatic heterocycles. The molecule has 0 fully saturated rings. The van der Waals surface area contributed by atoms with Crippen LogP contribution in [0.3, 0.4) is 0 Å². The molecule has 0 aliphatic rings. The van der Waals surface area contributed by atoms with E-state index in [0.717, 1.165) is 30.3 Å². The molecule has 8 heteroatoms. The summed E-state index contributed by atoms with van der Waals surface area (Å²) in [4.78, 5) is 20.3. The maximum absolute atomic E-state index is 12.5. The highest BCUT2D eigenvalue weighted by atomic mass is 19.2. The highest BCUT2D eigenvalue weighted by molar-refractivity contribution is 5.88. The zero-order valence-corrected chi connectivity index (χ0v) is 10.7. The van der Waals surface area contributed by atoms with E-state index in [2.05, 4.69) is 0 Å². The van der Waals surface area contributed by atoms with Gasteiger partial charge in [0.15, 0.2) is 11.6 Å². The molecule has 0 unspecified atom stereocenters. The largest absolute Gasteiger partial charge is 0.478 e. The van der Waals surface area contributed by atoms with Gasteiger partial charge in [-0.2, -0.15) is 0 Å². The highest BCUT2D eigenvalue weighted by Crippen LogP contribution is 2.11. The van der Waals surface area contributed by atoms with E-state index in [9.17, 15) is 27.2 Å². The molecule has 2 N–H and O–H groups in total. The fourth-order valence-electron chi connectivity index (χ4n) is 1.33. The molecule has 2 rings (SSSR count). The second-order valence-electron chi connectivity index (χ2n) is 3.84. The van der Waals surface area contributed by atoms with Crippen LogP contribution < -0.4 is 0 Å². The predicted molar refractivity (Wildman–Crippen MR) is 66.6 cm³/mol. The van der Waals surface area contributed by atoms with E-state index in [1.807, 2.05) is 0 Å². The van der Waals surface area contributed by atoms with E-state index in [1.54, 1.807) is 0 Å². The molecule has 0 spiro atoms. The van der Waals surface area contributed by atoms with Gasteiger partial charge < -0.3 is 10.2 Å². The van der Waals surface area contributed by atoms with Crippen LogP contribution in [0.2, 0.25) is 0 Å². The van der Waals surface area contributed by atoms with Crippen LogP contribution in [0.25, 0.3) is 0 Å². The fourth-order valence-corrected chi connectivity index (χ4v) is 1.33. The molecule has 2 aromatic carbocycles. The number of carboxylic acid groups (broad SMARTS) is 2. The summed E-state index contributed by atoms with van der Waals surface area (Å²) in [5.41, 5.74) is -1.17. The summed E-state index contributed by atoms with van der Waals surface area (Å²) in [5, 5.41) is 16.6. The van der Waals surface area contributed by atoms with Gasteiger partial charge in [0.1, 0.15) is 17.2 Å². The number of hydrogen-bond acceptors (Lipinski definition) is 2. The van der Waals surface area contributed by atoms with Gasteiger partial charge in [-0.05, 0) is 30.3 Å². The van der Waals surface area contributed by atoms with Crippen LogP contribution in [0.4, 0.5) is 17.6 Å². The Morgan fingerprint density at radius 2 is 1.27 bits per heavy atom. The maximum Gasteiger partial charge on any atom is 0.341 e. The molecule has 0 saturated heterocycles. The topological polar surface area (TPSA) is 74.6 Å². The van der Waals surface area contributed by atoms with Gasteiger partial charge in [-0.3, -0.25) is 0 Å². The number of aromatic carboxylic acids is 2. The van der Waals surface area contributed by atoms with Crippen LogP contribution in [-0.4, -0.2) is 22.2 Å². The highest BCUT2D eigenvalue weighted by Gasteiger charge is 2.14. The number of carbonyl (C=O) groups is 2. The van der Waals surface area contributed by atoms with Crippen molar-refractivity contribution >= 4 is 11.9 Å². The molecule has 0 amide bonds. The lowest BCUT2D eigenvalue weighted by molar-refractivity contribution is 0.0679. The van der Waals surface area contributed by atoms with E-state index in [4.69, 9.17) is 10.2 Å². The van der Waals surface area contributed by atoms with Gasteiger partial charge >= 0.3 is 11.9 Å². The second-order valence-corrected chi connectivity index (χ2v) is 3.84. The third-order valence-electron chi connectivity index (χ3n) is 2.34. The number of halogens is 4. The number of rotatable bonds is 2. The third-order valence-corrected chi connectivity index (χ3v) is 2.34. The summed E-state index contributed by atoms with van der Waals surface area (Å²) >= 11 is 0. The third kappa shape index (κ3) is 4.30. The Balaban J connectivity index is 0.000000220. The average molecular weight is 316 g/mol. The molecule has 2 aromatic rings. The van der Waals surface area contributed by atoms with Gasteiger partial charge in [0.05, 0.1) is 5.56 Å². The molecule has 0 atom stereocenters. The fraction of sp³-hybridized carbons (Fsp3) is 0. The van der Waals surface area contributed by atoms with Gasteiger partial charge in [-0.25, -0.2) is 27.2 Å². The number of carboxylic acids is 2. The monoisotopic (exact) mass is 316 g/mol. The van der Waals surface area contributed by atoms with E-state index in [0.29, 0.717) is 6.07 Å². The summed E-state index contributed by atoms with van der Waals surface area (Å²) < 4.78 is 49.5.